The largest absolute Gasteiger partial charge is 0.342 e. The molecular weight excluding hydrogens is 223 g/mol. The van der Waals surface area contributed by atoms with Gasteiger partial charge in [0, 0.05) is 30.2 Å². The second-order valence-corrected chi connectivity index (χ2v) is 3.43. The third kappa shape index (κ3) is 5.47. The SMILES string of the molecule is CCN(CC)C(=O)CNCC(Cl)=CCl. The Bertz CT molecular complexity index is 203. The summed E-state index contributed by atoms with van der Waals surface area (Å²) in [5, 5.41) is 3.41. The van der Waals surface area contributed by atoms with Gasteiger partial charge in [-0.3, -0.25) is 4.79 Å². The Balaban J connectivity index is 3.73. The molecule has 14 heavy (non-hydrogen) atoms. The Morgan fingerprint density at radius 3 is 2.36 bits per heavy atom. The summed E-state index contributed by atoms with van der Waals surface area (Å²) in [7, 11) is 0. The van der Waals surface area contributed by atoms with Gasteiger partial charge in [0.2, 0.25) is 5.91 Å². The highest BCUT2D eigenvalue weighted by molar-refractivity contribution is 6.36. The van der Waals surface area contributed by atoms with Gasteiger partial charge in [0.25, 0.3) is 0 Å². The molecule has 1 amide bonds. The molecule has 1 N–H and O–H groups in total. The van der Waals surface area contributed by atoms with E-state index >= 15 is 0 Å². The van der Waals surface area contributed by atoms with Crippen LogP contribution in [0.5, 0.6) is 0 Å². The first-order chi connectivity index (χ1) is 6.65. The second-order valence-electron chi connectivity index (χ2n) is 2.73. The molecule has 0 heterocycles. The molecule has 0 rings (SSSR count). The maximum absolute atomic E-state index is 11.4. The number of hydrogen-bond acceptors (Lipinski definition) is 2. The molecule has 0 aliphatic heterocycles. The van der Waals surface area contributed by atoms with Crippen LogP contribution in [0.25, 0.3) is 0 Å². The average Bonchev–Trinajstić information content (AvgIpc) is 2.19. The van der Waals surface area contributed by atoms with E-state index in [9.17, 15) is 4.79 Å². The molecule has 0 saturated carbocycles. The van der Waals surface area contributed by atoms with Crippen LogP contribution in [-0.2, 0) is 4.79 Å². The first kappa shape index (κ1) is 13.8. The van der Waals surface area contributed by atoms with E-state index in [1.807, 2.05) is 13.8 Å². The van der Waals surface area contributed by atoms with Crippen molar-refractivity contribution in [3.63, 3.8) is 0 Å². The number of carbonyl (C=O) groups is 1. The van der Waals surface area contributed by atoms with Crippen LogP contribution in [0.2, 0.25) is 0 Å². The van der Waals surface area contributed by atoms with Gasteiger partial charge in [-0.15, -0.1) is 0 Å². The Kier molecular flexibility index (Phi) is 7.95. The average molecular weight is 239 g/mol. The minimum absolute atomic E-state index is 0.0778. The molecule has 0 fully saturated rings. The van der Waals surface area contributed by atoms with Crippen molar-refractivity contribution < 1.29 is 4.79 Å². The number of hydrogen-bond donors (Lipinski definition) is 1. The van der Waals surface area contributed by atoms with E-state index in [4.69, 9.17) is 23.2 Å². The van der Waals surface area contributed by atoms with Gasteiger partial charge < -0.3 is 10.2 Å². The van der Waals surface area contributed by atoms with E-state index in [2.05, 4.69) is 5.32 Å². The Morgan fingerprint density at radius 2 is 1.93 bits per heavy atom. The highest BCUT2D eigenvalue weighted by Crippen LogP contribution is 2.00. The third-order valence-corrected chi connectivity index (χ3v) is 2.42. The van der Waals surface area contributed by atoms with Gasteiger partial charge in [-0.25, -0.2) is 0 Å². The van der Waals surface area contributed by atoms with Gasteiger partial charge in [0.15, 0.2) is 0 Å². The second kappa shape index (κ2) is 8.09. The molecule has 5 heteroatoms. The summed E-state index contributed by atoms with van der Waals surface area (Å²) in [6.07, 6.45) is 0. The van der Waals surface area contributed by atoms with Crippen LogP contribution in [0.4, 0.5) is 0 Å². The molecule has 0 radical (unpaired) electrons. The van der Waals surface area contributed by atoms with Gasteiger partial charge in [-0.05, 0) is 13.8 Å². The maximum Gasteiger partial charge on any atom is 0.236 e. The monoisotopic (exact) mass is 238 g/mol. The van der Waals surface area contributed by atoms with Gasteiger partial charge in [-0.1, -0.05) is 23.2 Å². The molecule has 0 aromatic carbocycles. The zero-order valence-corrected chi connectivity index (χ0v) is 10.0. The number of nitrogens with zero attached hydrogens (tertiary/aromatic N) is 1. The fraction of sp³-hybridized carbons (Fsp3) is 0.667. The molecule has 0 saturated heterocycles. The molecule has 0 aliphatic carbocycles. The van der Waals surface area contributed by atoms with Crippen molar-refractivity contribution in [1.82, 2.24) is 10.2 Å². The van der Waals surface area contributed by atoms with Gasteiger partial charge in [0.1, 0.15) is 0 Å². The van der Waals surface area contributed by atoms with E-state index < -0.39 is 0 Å². The third-order valence-electron chi connectivity index (χ3n) is 1.80. The topological polar surface area (TPSA) is 32.3 Å². The molecule has 0 bridgehead atoms. The van der Waals surface area contributed by atoms with Crippen molar-refractivity contribution in [2.75, 3.05) is 26.2 Å². The molecule has 0 aliphatic rings. The van der Waals surface area contributed by atoms with Gasteiger partial charge in [-0.2, -0.15) is 0 Å². The fourth-order valence-corrected chi connectivity index (χ4v) is 1.19. The van der Waals surface area contributed by atoms with Crippen LogP contribution in [0.1, 0.15) is 13.8 Å². The van der Waals surface area contributed by atoms with E-state index in [-0.39, 0.29) is 5.91 Å². The van der Waals surface area contributed by atoms with Crippen molar-refractivity contribution in [1.29, 1.82) is 0 Å². The Morgan fingerprint density at radius 1 is 1.36 bits per heavy atom. The molecule has 0 atom stereocenters. The minimum Gasteiger partial charge on any atom is -0.342 e. The smallest absolute Gasteiger partial charge is 0.236 e. The van der Waals surface area contributed by atoms with Crippen molar-refractivity contribution in [3.8, 4) is 0 Å². The quantitative estimate of drug-likeness (QED) is 0.766. The summed E-state index contributed by atoms with van der Waals surface area (Å²) in [5.41, 5.74) is 1.29. The lowest BCUT2D eigenvalue weighted by Crippen LogP contribution is -2.38. The van der Waals surface area contributed by atoms with Crippen LogP contribution >= 0.6 is 23.2 Å². The van der Waals surface area contributed by atoms with Crippen LogP contribution in [0.3, 0.4) is 0 Å². The predicted molar refractivity (Wildman–Crippen MR) is 60.6 cm³/mol. The first-order valence-corrected chi connectivity index (χ1v) is 5.40. The molecule has 0 spiro atoms. The Hall–Kier alpha value is -0.250. The van der Waals surface area contributed by atoms with Crippen molar-refractivity contribution in [2.24, 2.45) is 0 Å². The Labute approximate surface area is 95.0 Å². The van der Waals surface area contributed by atoms with Crippen molar-refractivity contribution in [3.05, 3.63) is 10.6 Å². The highest BCUT2D eigenvalue weighted by Gasteiger charge is 2.07. The lowest BCUT2D eigenvalue weighted by Gasteiger charge is -2.18. The summed E-state index contributed by atoms with van der Waals surface area (Å²) in [5.74, 6) is 0.0778. The van der Waals surface area contributed by atoms with Gasteiger partial charge >= 0.3 is 0 Å². The van der Waals surface area contributed by atoms with Crippen LogP contribution in [0, 0.1) is 0 Å². The van der Waals surface area contributed by atoms with E-state index in [0.29, 0.717) is 18.1 Å². The summed E-state index contributed by atoms with van der Waals surface area (Å²) >= 11 is 11.0. The number of halogens is 2. The summed E-state index contributed by atoms with van der Waals surface area (Å²) in [6, 6.07) is 0. The number of nitrogens with one attached hydrogen (secondary N) is 1. The maximum atomic E-state index is 11.4. The molecule has 82 valence electrons. The van der Waals surface area contributed by atoms with Crippen molar-refractivity contribution >= 4 is 29.1 Å². The fourth-order valence-electron chi connectivity index (χ4n) is 1.02. The van der Waals surface area contributed by atoms with E-state index in [1.165, 1.54) is 5.54 Å². The zero-order valence-electron chi connectivity index (χ0n) is 8.52. The highest BCUT2D eigenvalue weighted by atomic mass is 35.5. The van der Waals surface area contributed by atoms with Crippen molar-refractivity contribution in [2.45, 2.75) is 13.8 Å². The summed E-state index contributed by atoms with van der Waals surface area (Å²) in [4.78, 5) is 13.2. The normalized spacial score (nSPS) is 11.6. The standard InChI is InChI=1S/C9H16Cl2N2O/c1-3-13(4-2)9(14)7-12-6-8(11)5-10/h5,12H,3-4,6-7H2,1-2H3. The number of amides is 1. The molecule has 3 nitrogen and oxygen atoms in total. The molecule has 0 aromatic rings. The number of carbonyl (C=O) groups excluding carboxylic acids is 1. The predicted octanol–water partition coefficient (Wildman–Crippen LogP) is 1.76. The molecular formula is C9H16Cl2N2O. The lowest BCUT2D eigenvalue weighted by molar-refractivity contribution is -0.129. The van der Waals surface area contributed by atoms with E-state index in [1.54, 1.807) is 4.90 Å². The van der Waals surface area contributed by atoms with Crippen LogP contribution < -0.4 is 5.32 Å². The van der Waals surface area contributed by atoms with Crippen LogP contribution in [0.15, 0.2) is 10.6 Å². The van der Waals surface area contributed by atoms with Crippen LogP contribution in [-0.4, -0.2) is 37.0 Å². The van der Waals surface area contributed by atoms with Gasteiger partial charge in [0.05, 0.1) is 6.54 Å². The summed E-state index contributed by atoms with van der Waals surface area (Å²) in [6.45, 7) is 6.09. The lowest BCUT2D eigenvalue weighted by atomic mass is 10.4. The molecule has 0 unspecified atom stereocenters. The number of likely N-dealkylation sites (N-methyl/N-ethyl adjacent to an activating group) is 1. The zero-order chi connectivity index (χ0) is 11.0. The summed E-state index contributed by atoms with van der Waals surface area (Å²) < 4.78 is 0. The molecule has 0 aromatic heterocycles. The minimum atomic E-state index is 0.0778. The first-order valence-electron chi connectivity index (χ1n) is 4.58. The van der Waals surface area contributed by atoms with E-state index in [0.717, 1.165) is 13.1 Å². The number of rotatable bonds is 6.